The summed E-state index contributed by atoms with van der Waals surface area (Å²) in [6.07, 6.45) is 1.84. The van der Waals surface area contributed by atoms with Crippen molar-refractivity contribution in [1.29, 1.82) is 0 Å². The fraction of sp³-hybridized carbons (Fsp3) is 0.500. The SMILES string of the molecule is CC(C)NC(=O)CCC(C(=O)O)c1ccco1. The lowest BCUT2D eigenvalue weighted by Gasteiger charge is -2.11. The molecule has 1 aromatic heterocycles. The second-order valence-electron chi connectivity index (χ2n) is 4.17. The molecule has 94 valence electrons. The molecule has 1 rings (SSSR count). The van der Waals surface area contributed by atoms with Gasteiger partial charge in [0, 0.05) is 12.5 Å². The molecule has 1 unspecified atom stereocenters. The fourth-order valence-corrected chi connectivity index (χ4v) is 1.55. The number of hydrogen-bond donors (Lipinski definition) is 2. The van der Waals surface area contributed by atoms with E-state index in [2.05, 4.69) is 5.32 Å². The van der Waals surface area contributed by atoms with Crippen LogP contribution in [-0.4, -0.2) is 23.0 Å². The fourth-order valence-electron chi connectivity index (χ4n) is 1.55. The predicted octanol–water partition coefficient (Wildman–Crippen LogP) is 1.75. The van der Waals surface area contributed by atoms with Gasteiger partial charge in [0.25, 0.3) is 0 Å². The molecule has 2 N–H and O–H groups in total. The first-order chi connectivity index (χ1) is 8.00. The number of amides is 1. The maximum Gasteiger partial charge on any atom is 0.314 e. The maximum atomic E-state index is 11.4. The Morgan fingerprint density at radius 2 is 2.18 bits per heavy atom. The van der Waals surface area contributed by atoms with Crippen LogP contribution in [-0.2, 0) is 9.59 Å². The van der Waals surface area contributed by atoms with Crippen molar-refractivity contribution in [2.75, 3.05) is 0 Å². The minimum Gasteiger partial charge on any atom is -0.481 e. The Hall–Kier alpha value is -1.78. The van der Waals surface area contributed by atoms with E-state index in [4.69, 9.17) is 9.52 Å². The van der Waals surface area contributed by atoms with Crippen molar-refractivity contribution in [1.82, 2.24) is 5.32 Å². The molecule has 0 bridgehead atoms. The van der Waals surface area contributed by atoms with Gasteiger partial charge in [-0.1, -0.05) is 0 Å². The summed E-state index contributed by atoms with van der Waals surface area (Å²) < 4.78 is 5.06. The van der Waals surface area contributed by atoms with Crippen LogP contribution in [0.2, 0.25) is 0 Å². The van der Waals surface area contributed by atoms with E-state index in [1.165, 1.54) is 6.26 Å². The van der Waals surface area contributed by atoms with Gasteiger partial charge in [0.15, 0.2) is 0 Å². The first-order valence-corrected chi connectivity index (χ1v) is 5.56. The maximum absolute atomic E-state index is 11.4. The number of carboxylic acid groups (broad SMARTS) is 1. The van der Waals surface area contributed by atoms with Crippen LogP contribution in [0.5, 0.6) is 0 Å². The number of carbonyl (C=O) groups excluding carboxylic acids is 1. The van der Waals surface area contributed by atoms with Crippen molar-refractivity contribution in [3.63, 3.8) is 0 Å². The van der Waals surface area contributed by atoms with Gasteiger partial charge in [-0.3, -0.25) is 9.59 Å². The Kier molecular flexibility index (Phi) is 4.75. The third kappa shape index (κ3) is 4.30. The third-order valence-corrected chi connectivity index (χ3v) is 2.29. The topological polar surface area (TPSA) is 79.5 Å². The van der Waals surface area contributed by atoms with Gasteiger partial charge >= 0.3 is 5.97 Å². The highest BCUT2D eigenvalue weighted by molar-refractivity contribution is 5.79. The number of nitrogens with one attached hydrogen (secondary N) is 1. The van der Waals surface area contributed by atoms with Crippen LogP contribution >= 0.6 is 0 Å². The van der Waals surface area contributed by atoms with E-state index < -0.39 is 11.9 Å². The van der Waals surface area contributed by atoms with E-state index in [1.807, 2.05) is 13.8 Å². The van der Waals surface area contributed by atoms with Gasteiger partial charge < -0.3 is 14.8 Å². The molecule has 0 aromatic carbocycles. The summed E-state index contributed by atoms with van der Waals surface area (Å²) in [7, 11) is 0. The molecule has 0 saturated heterocycles. The highest BCUT2D eigenvalue weighted by Crippen LogP contribution is 2.21. The van der Waals surface area contributed by atoms with Crippen molar-refractivity contribution in [2.24, 2.45) is 0 Å². The zero-order valence-electron chi connectivity index (χ0n) is 9.97. The van der Waals surface area contributed by atoms with Crippen LogP contribution in [0.3, 0.4) is 0 Å². The number of hydrogen-bond acceptors (Lipinski definition) is 3. The standard InChI is InChI=1S/C12H17NO4/c1-8(2)13-11(14)6-5-9(12(15)16)10-4-3-7-17-10/h3-4,7-9H,5-6H2,1-2H3,(H,13,14)(H,15,16). The first kappa shape index (κ1) is 13.3. The summed E-state index contributed by atoms with van der Waals surface area (Å²) in [6, 6.07) is 3.31. The summed E-state index contributed by atoms with van der Waals surface area (Å²) in [5.41, 5.74) is 0. The largest absolute Gasteiger partial charge is 0.481 e. The number of furan rings is 1. The molecule has 0 saturated carbocycles. The highest BCUT2D eigenvalue weighted by atomic mass is 16.4. The van der Waals surface area contributed by atoms with Crippen LogP contribution in [0.1, 0.15) is 38.4 Å². The minimum atomic E-state index is -0.975. The first-order valence-electron chi connectivity index (χ1n) is 5.56. The molecule has 5 heteroatoms. The molecule has 5 nitrogen and oxygen atoms in total. The third-order valence-electron chi connectivity index (χ3n) is 2.29. The molecule has 0 aliphatic rings. The van der Waals surface area contributed by atoms with E-state index in [0.717, 1.165) is 0 Å². The molecule has 1 aromatic rings. The Morgan fingerprint density at radius 3 is 2.65 bits per heavy atom. The smallest absolute Gasteiger partial charge is 0.314 e. The molecule has 0 fully saturated rings. The molecule has 0 aliphatic carbocycles. The molecule has 0 aliphatic heterocycles. The molecular formula is C12H17NO4. The van der Waals surface area contributed by atoms with Gasteiger partial charge in [-0.05, 0) is 32.4 Å². The average molecular weight is 239 g/mol. The summed E-state index contributed by atoms with van der Waals surface area (Å²) in [4.78, 5) is 22.5. The van der Waals surface area contributed by atoms with E-state index in [1.54, 1.807) is 12.1 Å². The predicted molar refractivity (Wildman–Crippen MR) is 61.6 cm³/mol. The summed E-state index contributed by atoms with van der Waals surface area (Å²) in [5, 5.41) is 11.8. The summed E-state index contributed by atoms with van der Waals surface area (Å²) in [6.45, 7) is 3.72. The molecule has 17 heavy (non-hydrogen) atoms. The normalized spacial score (nSPS) is 12.4. The Balaban J connectivity index is 2.52. The zero-order chi connectivity index (χ0) is 12.8. The second kappa shape index (κ2) is 6.08. The van der Waals surface area contributed by atoms with E-state index in [-0.39, 0.29) is 24.8 Å². The number of aliphatic carboxylic acids is 1. The molecule has 1 heterocycles. The molecule has 1 amide bonds. The van der Waals surface area contributed by atoms with Crippen LogP contribution < -0.4 is 5.32 Å². The highest BCUT2D eigenvalue weighted by Gasteiger charge is 2.23. The molecule has 1 atom stereocenters. The van der Waals surface area contributed by atoms with Crippen molar-refractivity contribution in [3.05, 3.63) is 24.2 Å². The summed E-state index contributed by atoms with van der Waals surface area (Å²) >= 11 is 0. The van der Waals surface area contributed by atoms with E-state index >= 15 is 0 Å². The van der Waals surface area contributed by atoms with Gasteiger partial charge in [0.05, 0.1) is 6.26 Å². The molecular weight excluding hydrogens is 222 g/mol. The minimum absolute atomic E-state index is 0.0643. The van der Waals surface area contributed by atoms with Crippen LogP contribution in [0.15, 0.2) is 22.8 Å². The van der Waals surface area contributed by atoms with Gasteiger partial charge in [-0.2, -0.15) is 0 Å². The van der Waals surface area contributed by atoms with Crippen LogP contribution in [0, 0.1) is 0 Å². The van der Waals surface area contributed by atoms with Crippen LogP contribution in [0.25, 0.3) is 0 Å². The van der Waals surface area contributed by atoms with Crippen molar-refractivity contribution < 1.29 is 19.1 Å². The van der Waals surface area contributed by atoms with Gasteiger partial charge in [-0.25, -0.2) is 0 Å². The van der Waals surface area contributed by atoms with Gasteiger partial charge in [-0.15, -0.1) is 0 Å². The lowest BCUT2D eigenvalue weighted by atomic mass is 10.0. The molecule has 0 spiro atoms. The number of carboxylic acids is 1. The lowest BCUT2D eigenvalue weighted by molar-refractivity contribution is -0.139. The number of rotatable bonds is 6. The molecule has 0 radical (unpaired) electrons. The monoisotopic (exact) mass is 239 g/mol. The number of carbonyl (C=O) groups is 2. The lowest BCUT2D eigenvalue weighted by Crippen LogP contribution is -2.30. The van der Waals surface area contributed by atoms with Crippen molar-refractivity contribution >= 4 is 11.9 Å². The van der Waals surface area contributed by atoms with E-state index in [0.29, 0.717) is 5.76 Å². The van der Waals surface area contributed by atoms with Crippen LogP contribution in [0.4, 0.5) is 0 Å². The average Bonchev–Trinajstić information content (AvgIpc) is 2.69. The van der Waals surface area contributed by atoms with Crippen molar-refractivity contribution in [2.45, 2.75) is 38.6 Å². The second-order valence-corrected chi connectivity index (χ2v) is 4.17. The Morgan fingerprint density at radius 1 is 1.47 bits per heavy atom. The summed E-state index contributed by atoms with van der Waals surface area (Å²) in [5.74, 6) is -1.49. The quantitative estimate of drug-likeness (QED) is 0.792. The van der Waals surface area contributed by atoms with Crippen molar-refractivity contribution in [3.8, 4) is 0 Å². The van der Waals surface area contributed by atoms with E-state index in [9.17, 15) is 9.59 Å². The zero-order valence-corrected chi connectivity index (χ0v) is 9.97. The Bertz CT molecular complexity index is 370. The van der Waals surface area contributed by atoms with Gasteiger partial charge in [0.2, 0.25) is 5.91 Å². The Labute approximate surface area is 99.8 Å². The van der Waals surface area contributed by atoms with Gasteiger partial charge in [0.1, 0.15) is 11.7 Å².